The Morgan fingerprint density at radius 2 is 1.88 bits per heavy atom. The first kappa shape index (κ1) is 19.9. The minimum atomic E-state index is -0.195. The van der Waals surface area contributed by atoms with E-state index in [1.165, 1.54) is 0 Å². The fourth-order valence-corrected chi connectivity index (χ4v) is 2.98. The van der Waals surface area contributed by atoms with E-state index in [4.69, 9.17) is 0 Å². The topological polar surface area (TPSA) is 70.2 Å². The van der Waals surface area contributed by atoms with Crippen LogP contribution in [0.1, 0.15) is 35.2 Å². The predicted molar refractivity (Wildman–Crippen MR) is 107 cm³/mol. The molecule has 2 aromatic rings. The molecular formula is C20H24ClN3O2. The zero-order valence-electron chi connectivity index (χ0n) is 14.7. The molecule has 1 aliphatic heterocycles. The maximum Gasteiger partial charge on any atom is 0.255 e. The monoisotopic (exact) mass is 373 g/mol. The van der Waals surface area contributed by atoms with Crippen LogP contribution in [-0.4, -0.2) is 24.4 Å². The largest absolute Gasteiger partial charge is 0.326 e. The molecule has 0 aromatic heterocycles. The SMILES string of the molecule is Cc1ccc(C(=O)Nc2ccccc2)cc1NC(=O)CC1CCCN1.Cl. The summed E-state index contributed by atoms with van der Waals surface area (Å²) in [5.41, 5.74) is 2.88. The number of aryl methyl sites for hydroxylation is 1. The van der Waals surface area contributed by atoms with Crippen molar-refractivity contribution < 1.29 is 9.59 Å². The average molecular weight is 374 g/mol. The van der Waals surface area contributed by atoms with Gasteiger partial charge in [-0.25, -0.2) is 0 Å². The van der Waals surface area contributed by atoms with Gasteiger partial charge < -0.3 is 16.0 Å². The molecule has 0 radical (unpaired) electrons. The number of para-hydroxylation sites is 1. The zero-order chi connectivity index (χ0) is 17.6. The van der Waals surface area contributed by atoms with Crippen LogP contribution in [0.4, 0.5) is 11.4 Å². The van der Waals surface area contributed by atoms with E-state index in [0.29, 0.717) is 17.7 Å². The molecule has 1 aliphatic rings. The first-order chi connectivity index (χ1) is 12.1. The summed E-state index contributed by atoms with van der Waals surface area (Å²) in [7, 11) is 0. The quantitative estimate of drug-likeness (QED) is 0.747. The number of halogens is 1. The van der Waals surface area contributed by atoms with Gasteiger partial charge in [0.15, 0.2) is 0 Å². The second kappa shape index (κ2) is 9.36. The van der Waals surface area contributed by atoms with Crippen molar-refractivity contribution in [1.82, 2.24) is 5.32 Å². The second-order valence-corrected chi connectivity index (χ2v) is 6.40. The van der Waals surface area contributed by atoms with Crippen molar-refractivity contribution in [2.75, 3.05) is 17.2 Å². The van der Waals surface area contributed by atoms with Crippen LogP contribution in [0, 0.1) is 6.92 Å². The number of carbonyl (C=O) groups is 2. The molecule has 6 heteroatoms. The number of rotatable bonds is 5. The summed E-state index contributed by atoms with van der Waals surface area (Å²) in [6.07, 6.45) is 2.61. The number of carbonyl (C=O) groups excluding carboxylic acids is 2. The van der Waals surface area contributed by atoms with Crippen molar-refractivity contribution in [2.45, 2.75) is 32.2 Å². The molecule has 1 heterocycles. The van der Waals surface area contributed by atoms with E-state index in [9.17, 15) is 9.59 Å². The first-order valence-electron chi connectivity index (χ1n) is 8.62. The lowest BCUT2D eigenvalue weighted by molar-refractivity contribution is -0.116. The summed E-state index contributed by atoms with van der Waals surface area (Å²) in [4.78, 5) is 24.6. The molecule has 5 nitrogen and oxygen atoms in total. The first-order valence-corrected chi connectivity index (χ1v) is 8.62. The van der Waals surface area contributed by atoms with Gasteiger partial charge in [-0.3, -0.25) is 9.59 Å². The fourth-order valence-electron chi connectivity index (χ4n) is 2.98. The molecule has 3 rings (SSSR count). The highest BCUT2D eigenvalue weighted by Gasteiger charge is 2.18. The molecule has 0 aliphatic carbocycles. The molecule has 3 N–H and O–H groups in total. The summed E-state index contributed by atoms with van der Waals surface area (Å²) in [5.74, 6) is -0.220. The van der Waals surface area contributed by atoms with E-state index in [2.05, 4.69) is 16.0 Å². The Morgan fingerprint density at radius 1 is 1.12 bits per heavy atom. The van der Waals surface area contributed by atoms with Crippen LogP contribution in [0.15, 0.2) is 48.5 Å². The maximum absolute atomic E-state index is 12.4. The molecule has 1 atom stereocenters. The second-order valence-electron chi connectivity index (χ2n) is 6.40. The Bertz CT molecular complexity index is 759. The molecule has 2 aromatic carbocycles. The minimum absolute atomic E-state index is 0. The lowest BCUT2D eigenvalue weighted by atomic mass is 10.1. The van der Waals surface area contributed by atoms with Crippen LogP contribution >= 0.6 is 12.4 Å². The number of benzene rings is 2. The number of amides is 2. The highest BCUT2D eigenvalue weighted by Crippen LogP contribution is 2.19. The maximum atomic E-state index is 12.4. The van der Waals surface area contributed by atoms with E-state index in [0.717, 1.165) is 30.6 Å². The van der Waals surface area contributed by atoms with Crippen LogP contribution in [0.2, 0.25) is 0 Å². The molecule has 0 spiro atoms. The van der Waals surface area contributed by atoms with E-state index in [1.807, 2.05) is 43.3 Å². The van der Waals surface area contributed by atoms with Gasteiger partial charge in [0.2, 0.25) is 5.91 Å². The van der Waals surface area contributed by atoms with Crippen LogP contribution in [0.3, 0.4) is 0 Å². The average Bonchev–Trinajstić information content (AvgIpc) is 3.10. The molecule has 0 saturated carbocycles. The van der Waals surface area contributed by atoms with Gasteiger partial charge in [-0.15, -0.1) is 12.4 Å². The predicted octanol–water partition coefficient (Wildman–Crippen LogP) is 3.75. The van der Waals surface area contributed by atoms with Crippen molar-refractivity contribution in [3.8, 4) is 0 Å². The van der Waals surface area contributed by atoms with Crippen molar-refractivity contribution in [3.05, 3.63) is 59.7 Å². The number of anilines is 2. The van der Waals surface area contributed by atoms with Crippen LogP contribution in [-0.2, 0) is 4.79 Å². The van der Waals surface area contributed by atoms with E-state index in [-0.39, 0.29) is 30.3 Å². The zero-order valence-corrected chi connectivity index (χ0v) is 15.6. The van der Waals surface area contributed by atoms with E-state index >= 15 is 0 Å². The smallest absolute Gasteiger partial charge is 0.255 e. The summed E-state index contributed by atoms with van der Waals surface area (Å²) in [6, 6.07) is 14.9. The van der Waals surface area contributed by atoms with Crippen molar-refractivity contribution in [3.63, 3.8) is 0 Å². The van der Waals surface area contributed by atoms with Crippen LogP contribution in [0.5, 0.6) is 0 Å². The Hall–Kier alpha value is -2.37. The Balaban J connectivity index is 0.00000243. The van der Waals surface area contributed by atoms with Crippen molar-refractivity contribution >= 4 is 35.6 Å². The summed E-state index contributed by atoms with van der Waals surface area (Å²) >= 11 is 0. The summed E-state index contributed by atoms with van der Waals surface area (Å²) in [6.45, 7) is 2.90. The van der Waals surface area contributed by atoms with Gasteiger partial charge in [0.1, 0.15) is 0 Å². The molecule has 2 amide bonds. The molecule has 1 fully saturated rings. The van der Waals surface area contributed by atoms with Gasteiger partial charge in [-0.2, -0.15) is 0 Å². The van der Waals surface area contributed by atoms with Gasteiger partial charge in [0.25, 0.3) is 5.91 Å². The van der Waals surface area contributed by atoms with E-state index < -0.39 is 0 Å². The molecule has 1 unspecified atom stereocenters. The Kier molecular flexibility index (Phi) is 7.18. The van der Waals surface area contributed by atoms with Crippen LogP contribution < -0.4 is 16.0 Å². The highest BCUT2D eigenvalue weighted by molar-refractivity contribution is 6.05. The number of hydrogen-bond acceptors (Lipinski definition) is 3. The minimum Gasteiger partial charge on any atom is -0.326 e. The molecule has 0 bridgehead atoms. The van der Waals surface area contributed by atoms with Crippen LogP contribution in [0.25, 0.3) is 0 Å². The van der Waals surface area contributed by atoms with Gasteiger partial charge >= 0.3 is 0 Å². The van der Waals surface area contributed by atoms with Crippen molar-refractivity contribution in [1.29, 1.82) is 0 Å². The number of nitrogens with one attached hydrogen (secondary N) is 3. The van der Waals surface area contributed by atoms with Crippen molar-refractivity contribution in [2.24, 2.45) is 0 Å². The summed E-state index contributed by atoms with van der Waals surface area (Å²) in [5, 5.41) is 9.11. The molecular weight excluding hydrogens is 350 g/mol. The molecule has 1 saturated heterocycles. The molecule has 26 heavy (non-hydrogen) atoms. The highest BCUT2D eigenvalue weighted by atomic mass is 35.5. The van der Waals surface area contributed by atoms with Gasteiger partial charge in [0.05, 0.1) is 0 Å². The normalized spacial score (nSPS) is 15.8. The third-order valence-electron chi connectivity index (χ3n) is 4.40. The van der Waals surface area contributed by atoms with Gasteiger partial charge in [-0.1, -0.05) is 24.3 Å². The van der Waals surface area contributed by atoms with E-state index in [1.54, 1.807) is 12.1 Å². The summed E-state index contributed by atoms with van der Waals surface area (Å²) < 4.78 is 0. The Labute approximate surface area is 160 Å². The third kappa shape index (κ3) is 5.31. The lowest BCUT2D eigenvalue weighted by Gasteiger charge is -2.13. The fraction of sp³-hybridized carbons (Fsp3) is 0.300. The Morgan fingerprint density at radius 3 is 2.58 bits per heavy atom. The standard InChI is InChI=1S/C20H23N3O2.ClH/c1-14-9-10-15(20(25)22-16-6-3-2-4-7-16)12-18(14)23-19(24)13-17-8-5-11-21-17;/h2-4,6-7,9-10,12,17,21H,5,8,11,13H2,1H3,(H,22,25)(H,23,24);1H. The third-order valence-corrected chi connectivity index (χ3v) is 4.40. The lowest BCUT2D eigenvalue weighted by Crippen LogP contribution is -2.27. The molecule has 138 valence electrons. The number of hydrogen-bond donors (Lipinski definition) is 3. The van der Waals surface area contributed by atoms with Gasteiger partial charge in [-0.05, 0) is 56.1 Å². The van der Waals surface area contributed by atoms with Gasteiger partial charge in [0, 0.05) is 29.4 Å².